The van der Waals surface area contributed by atoms with Crippen molar-refractivity contribution < 1.29 is 4.79 Å². The van der Waals surface area contributed by atoms with Gasteiger partial charge in [-0.2, -0.15) is 0 Å². The van der Waals surface area contributed by atoms with E-state index < -0.39 is 0 Å². The normalized spacial score (nSPS) is 10.0. The molecule has 0 aliphatic carbocycles. The standard InChI is InChI=1S/C12H17NO/c1-9-6-5-7-10(2)12(9)13(4)8-11(3)14/h5-7H,8H2,1-4H3. The summed E-state index contributed by atoms with van der Waals surface area (Å²) in [6.45, 7) is 6.23. The van der Waals surface area contributed by atoms with Gasteiger partial charge in [0.05, 0.1) is 6.54 Å². The van der Waals surface area contributed by atoms with Crippen molar-refractivity contribution in [2.45, 2.75) is 20.8 Å². The van der Waals surface area contributed by atoms with Crippen LogP contribution in [-0.2, 0) is 4.79 Å². The third-order valence-corrected chi connectivity index (χ3v) is 2.28. The number of nitrogens with zero attached hydrogens (tertiary/aromatic N) is 1. The van der Waals surface area contributed by atoms with E-state index in [2.05, 4.69) is 26.0 Å². The van der Waals surface area contributed by atoms with Gasteiger partial charge in [-0.3, -0.25) is 4.79 Å². The maximum Gasteiger partial charge on any atom is 0.149 e. The molecule has 0 saturated heterocycles. The monoisotopic (exact) mass is 191 g/mol. The summed E-state index contributed by atoms with van der Waals surface area (Å²) >= 11 is 0. The van der Waals surface area contributed by atoms with Crippen LogP contribution in [0.1, 0.15) is 18.1 Å². The molecule has 2 nitrogen and oxygen atoms in total. The Kier molecular flexibility index (Phi) is 3.28. The number of ketones is 1. The Labute approximate surface area is 85.5 Å². The number of benzene rings is 1. The summed E-state index contributed by atoms with van der Waals surface area (Å²) < 4.78 is 0. The first-order valence-corrected chi connectivity index (χ1v) is 4.79. The lowest BCUT2D eigenvalue weighted by Crippen LogP contribution is -2.25. The molecule has 76 valence electrons. The molecular formula is C12H17NO. The van der Waals surface area contributed by atoms with Crippen LogP contribution in [0.15, 0.2) is 18.2 Å². The zero-order valence-electron chi connectivity index (χ0n) is 9.29. The Morgan fingerprint density at radius 3 is 2.21 bits per heavy atom. The van der Waals surface area contributed by atoms with Gasteiger partial charge in [0.2, 0.25) is 0 Å². The van der Waals surface area contributed by atoms with Crippen molar-refractivity contribution in [1.29, 1.82) is 0 Å². The minimum atomic E-state index is 0.190. The van der Waals surface area contributed by atoms with Gasteiger partial charge in [-0.05, 0) is 31.9 Å². The van der Waals surface area contributed by atoms with E-state index >= 15 is 0 Å². The summed E-state index contributed by atoms with van der Waals surface area (Å²) in [5, 5.41) is 0. The minimum Gasteiger partial charge on any atom is -0.367 e. The van der Waals surface area contributed by atoms with Gasteiger partial charge in [0.25, 0.3) is 0 Å². The number of carbonyl (C=O) groups excluding carboxylic acids is 1. The predicted molar refractivity (Wildman–Crippen MR) is 59.9 cm³/mol. The first kappa shape index (κ1) is 10.8. The molecule has 0 heterocycles. The van der Waals surface area contributed by atoms with E-state index in [0.29, 0.717) is 6.54 Å². The van der Waals surface area contributed by atoms with Crippen LogP contribution < -0.4 is 4.90 Å². The molecule has 1 aromatic carbocycles. The SMILES string of the molecule is CC(=O)CN(C)c1c(C)cccc1C. The van der Waals surface area contributed by atoms with Crippen LogP contribution in [0.4, 0.5) is 5.69 Å². The van der Waals surface area contributed by atoms with Crippen LogP contribution in [0.5, 0.6) is 0 Å². The highest BCUT2D eigenvalue weighted by atomic mass is 16.1. The van der Waals surface area contributed by atoms with Crippen LogP contribution in [0.25, 0.3) is 0 Å². The predicted octanol–water partition coefficient (Wildman–Crippen LogP) is 2.33. The lowest BCUT2D eigenvalue weighted by molar-refractivity contribution is -0.115. The van der Waals surface area contributed by atoms with E-state index in [9.17, 15) is 4.79 Å². The van der Waals surface area contributed by atoms with E-state index in [0.717, 1.165) is 0 Å². The van der Waals surface area contributed by atoms with Crippen LogP contribution >= 0.6 is 0 Å². The maximum atomic E-state index is 11.0. The summed E-state index contributed by atoms with van der Waals surface area (Å²) in [4.78, 5) is 13.0. The van der Waals surface area contributed by atoms with Crippen LogP contribution in [0.2, 0.25) is 0 Å². The van der Waals surface area contributed by atoms with Crippen LogP contribution in [0, 0.1) is 13.8 Å². The van der Waals surface area contributed by atoms with Crippen LogP contribution in [0.3, 0.4) is 0 Å². The van der Waals surface area contributed by atoms with Gasteiger partial charge in [-0.15, -0.1) is 0 Å². The highest BCUT2D eigenvalue weighted by Gasteiger charge is 2.08. The molecule has 0 radical (unpaired) electrons. The van der Waals surface area contributed by atoms with Gasteiger partial charge >= 0.3 is 0 Å². The third kappa shape index (κ3) is 2.34. The molecule has 0 spiro atoms. The van der Waals surface area contributed by atoms with E-state index in [1.165, 1.54) is 16.8 Å². The van der Waals surface area contributed by atoms with Crippen LogP contribution in [-0.4, -0.2) is 19.4 Å². The van der Waals surface area contributed by atoms with Crippen molar-refractivity contribution in [3.05, 3.63) is 29.3 Å². The summed E-state index contributed by atoms with van der Waals surface area (Å²) in [7, 11) is 1.96. The Bertz CT molecular complexity index is 324. The van der Waals surface area contributed by atoms with E-state index in [1.54, 1.807) is 6.92 Å². The molecule has 1 aromatic rings. The first-order chi connectivity index (χ1) is 6.52. The summed E-state index contributed by atoms with van der Waals surface area (Å²) in [6, 6.07) is 6.17. The first-order valence-electron chi connectivity index (χ1n) is 4.79. The molecule has 0 saturated carbocycles. The molecule has 0 bridgehead atoms. The zero-order valence-corrected chi connectivity index (χ0v) is 9.29. The number of hydrogen-bond donors (Lipinski definition) is 0. The summed E-state index contributed by atoms with van der Waals surface area (Å²) in [6.07, 6.45) is 0. The number of rotatable bonds is 3. The number of carbonyl (C=O) groups is 1. The summed E-state index contributed by atoms with van der Waals surface area (Å²) in [5.74, 6) is 0.190. The Balaban J connectivity index is 2.99. The van der Waals surface area contributed by atoms with Crippen molar-refractivity contribution in [3.63, 3.8) is 0 Å². The fourth-order valence-corrected chi connectivity index (χ4v) is 1.82. The molecule has 0 amide bonds. The third-order valence-electron chi connectivity index (χ3n) is 2.28. The average Bonchev–Trinajstić information content (AvgIpc) is 2.01. The van der Waals surface area contributed by atoms with Gasteiger partial charge in [0.1, 0.15) is 5.78 Å². The molecule has 0 aliphatic rings. The lowest BCUT2D eigenvalue weighted by atomic mass is 10.1. The van der Waals surface area contributed by atoms with Crippen molar-refractivity contribution in [3.8, 4) is 0 Å². The van der Waals surface area contributed by atoms with Gasteiger partial charge in [-0.25, -0.2) is 0 Å². The highest BCUT2D eigenvalue weighted by molar-refractivity contribution is 5.81. The number of Topliss-reactive ketones (excluding diaryl/α,β-unsaturated/α-hetero) is 1. The number of aryl methyl sites for hydroxylation is 2. The number of hydrogen-bond acceptors (Lipinski definition) is 2. The van der Waals surface area contributed by atoms with E-state index in [1.807, 2.05) is 18.0 Å². The molecule has 0 unspecified atom stereocenters. The number of anilines is 1. The minimum absolute atomic E-state index is 0.190. The Morgan fingerprint density at radius 2 is 1.79 bits per heavy atom. The van der Waals surface area contributed by atoms with Crippen molar-refractivity contribution in [2.24, 2.45) is 0 Å². The highest BCUT2D eigenvalue weighted by Crippen LogP contribution is 2.22. The smallest absolute Gasteiger partial charge is 0.149 e. The Morgan fingerprint density at radius 1 is 1.29 bits per heavy atom. The molecule has 0 aliphatic heterocycles. The molecule has 1 rings (SSSR count). The van der Waals surface area contributed by atoms with Crippen molar-refractivity contribution >= 4 is 11.5 Å². The van der Waals surface area contributed by atoms with Gasteiger partial charge in [0, 0.05) is 12.7 Å². The average molecular weight is 191 g/mol. The van der Waals surface area contributed by atoms with Gasteiger partial charge in [-0.1, -0.05) is 18.2 Å². The molecule has 0 fully saturated rings. The van der Waals surface area contributed by atoms with Crippen molar-refractivity contribution in [1.82, 2.24) is 0 Å². The zero-order chi connectivity index (χ0) is 10.7. The molecule has 0 aromatic heterocycles. The van der Waals surface area contributed by atoms with E-state index in [-0.39, 0.29) is 5.78 Å². The molecule has 0 N–H and O–H groups in total. The maximum absolute atomic E-state index is 11.0. The largest absolute Gasteiger partial charge is 0.367 e. The molecule has 0 atom stereocenters. The molecule has 14 heavy (non-hydrogen) atoms. The lowest BCUT2D eigenvalue weighted by Gasteiger charge is -2.22. The molecule has 2 heteroatoms. The van der Waals surface area contributed by atoms with Gasteiger partial charge < -0.3 is 4.90 Å². The van der Waals surface area contributed by atoms with Gasteiger partial charge in [0.15, 0.2) is 0 Å². The van der Waals surface area contributed by atoms with E-state index in [4.69, 9.17) is 0 Å². The fraction of sp³-hybridized carbons (Fsp3) is 0.417. The van der Waals surface area contributed by atoms with Crippen molar-refractivity contribution in [2.75, 3.05) is 18.5 Å². The Hall–Kier alpha value is -1.31. The second-order valence-electron chi connectivity index (χ2n) is 3.80. The topological polar surface area (TPSA) is 20.3 Å². The second-order valence-corrected chi connectivity index (χ2v) is 3.80. The fourth-order valence-electron chi connectivity index (χ4n) is 1.82. The number of para-hydroxylation sites is 1. The molecular weight excluding hydrogens is 174 g/mol. The number of likely N-dealkylation sites (N-methyl/N-ethyl adjacent to an activating group) is 1. The quantitative estimate of drug-likeness (QED) is 0.730. The summed E-state index contributed by atoms with van der Waals surface area (Å²) in [5.41, 5.74) is 3.60. The second kappa shape index (κ2) is 4.27.